The standard InChI is InChI=1S/C15H14O2S/c1-11-3-5-12(6-4-11)13-9-14(18-10-13)7-8-15(16)17-2/h3-10H,1-2H3/b8-7+. The number of carbonyl (C=O) groups excluding carboxylic acids is 1. The van der Waals surface area contributed by atoms with Gasteiger partial charge >= 0.3 is 5.97 Å². The van der Waals surface area contributed by atoms with Crippen molar-refractivity contribution in [3.63, 3.8) is 0 Å². The highest BCUT2D eigenvalue weighted by molar-refractivity contribution is 7.11. The maximum atomic E-state index is 11.0. The third-order valence-corrected chi connectivity index (χ3v) is 3.49. The van der Waals surface area contributed by atoms with Crippen molar-refractivity contribution in [3.05, 3.63) is 52.2 Å². The van der Waals surface area contributed by atoms with Crippen LogP contribution in [0, 0.1) is 6.92 Å². The van der Waals surface area contributed by atoms with Gasteiger partial charge in [-0.1, -0.05) is 29.8 Å². The van der Waals surface area contributed by atoms with Crippen LogP contribution in [0.1, 0.15) is 10.4 Å². The normalized spacial score (nSPS) is 10.8. The monoisotopic (exact) mass is 258 g/mol. The summed E-state index contributed by atoms with van der Waals surface area (Å²) in [6.45, 7) is 2.07. The first-order valence-corrected chi connectivity index (χ1v) is 6.48. The van der Waals surface area contributed by atoms with Crippen LogP contribution in [0.25, 0.3) is 17.2 Å². The molecule has 0 fully saturated rings. The predicted molar refractivity (Wildman–Crippen MR) is 75.5 cm³/mol. The summed E-state index contributed by atoms with van der Waals surface area (Å²) in [6.07, 6.45) is 3.21. The van der Waals surface area contributed by atoms with Gasteiger partial charge < -0.3 is 4.74 Å². The number of esters is 1. The second-order valence-corrected chi connectivity index (χ2v) is 4.90. The van der Waals surface area contributed by atoms with Crippen LogP contribution in [0.4, 0.5) is 0 Å². The zero-order chi connectivity index (χ0) is 13.0. The first-order chi connectivity index (χ1) is 8.69. The van der Waals surface area contributed by atoms with Gasteiger partial charge in [-0.3, -0.25) is 0 Å². The molecule has 18 heavy (non-hydrogen) atoms. The summed E-state index contributed by atoms with van der Waals surface area (Å²) in [4.78, 5) is 12.0. The Labute approximate surface area is 111 Å². The number of rotatable bonds is 3. The van der Waals surface area contributed by atoms with Gasteiger partial charge in [0, 0.05) is 11.0 Å². The van der Waals surface area contributed by atoms with Gasteiger partial charge in [-0.05, 0) is 35.6 Å². The molecule has 0 atom stereocenters. The maximum absolute atomic E-state index is 11.0. The van der Waals surface area contributed by atoms with Crippen molar-refractivity contribution < 1.29 is 9.53 Å². The molecule has 0 bridgehead atoms. The molecule has 0 N–H and O–H groups in total. The van der Waals surface area contributed by atoms with E-state index >= 15 is 0 Å². The number of aryl methyl sites for hydroxylation is 1. The minimum atomic E-state index is -0.333. The van der Waals surface area contributed by atoms with E-state index in [1.54, 1.807) is 17.4 Å². The van der Waals surface area contributed by atoms with Crippen LogP contribution in [0.2, 0.25) is 0 Å². The number of benzene rings is 1. The Morgan fingerprint density at radius 2 is 1.94 bits per heavy atom. The average molecular weight is 258 g/mol. The summed E-state index contributed by atoms with van der Waals surface area (Å²) >= 11 is 1.61. The van der Waals surface area contributed by atoms with Gasteiger partial charge in [0.05, 0.1) is 7.11 Å². The molecule has 1 aromatic heterocycles. The summed E-state index contributed by atoms with van der Waals surface area (Å²) in [5.41, 5.74) is 3.61. The van der Waals surface area contributed by atoms with E-state index in [0.29, 0.717) is 0 Å². The van der Waals surface area contributed by atoms with Crippen LogP contribution in [0.15, 0.2) is 41.8 Å². The highest BCUT2D eigenvalue weighted by Crippen LogP contribution is 2.26. The van der Waals surface area contributed by atoms with Crippen LogP contribution >= 0.6 is 11.3 Å². The lowest BCUT2D eigenvalue weighted by molar-refractivity contribution is -0.134. The molecule has 0 radical (unpaired) electrons. The second kappa shape index (κ2) is 5.65. The van der Waals surface area contributed by atoms with Crippen molar-refractivity contribution in [2.45, 2.75) is 6.92 Å². The number of ether oxygens (including phenoxy) is 1. The molecular formula is C15H14O2S. The lowest BCUT2D eigenvalue weighted by Gasteiger charge is -1.97. The minimum absolute atomic E-state index is 0.333. The average Bonchev–Trinajstić information content (AvgIpc) is 2.85. The Bertz CT molecular complexity index is 564. The lowest BCUT2D eigenvalue weighted by atomic mass is 10.1. The van der Waals surface area contributed by atoms with Crippen molar-refractivity contribution in [1.82, 2.24) is 0 Å². The number of carbonyl (C=O) groups is 1. The van der Waals surface area contributed by atoms with Crippen LogP contribution in [0.5, 0.6) is 0 Å². The maximum Gasteiger partial charge on any atom is 0.330 e. The van der Waals surface area contributed by atoms with E-state index in [1.165, 1.54) is 29.9 Å². The van der Waals surface area contributed by atoms with Crippen LogP contribution < -0.4 is 0 Å². The fraction of sp³-hybridized carbons (Fsp3) is 0.133. The molecule has 2 aromatic rings. The van der Waals surface area contributed by atoms with E-state index in [4.69, 9.17) is 0 Å². The summed E-state index contributed by atoms with van der Waals surface area (Å²) in [6, 6.07) is 10.5. The number of hydrogen-bond donors (Lipinski definition) is 0. The SMILES string of the molecule is COC(=O)/C=C/c1cc(-c2ccc(C)cc2)cs1. The number of methoxy groups -OCH3 is 1. The Hall–Kier alpha value is -1.87. The molecule has 2 rings (SSSR count). The molecule has 0 saturated heterocycles. The predicted octanol–water partition coefficient (Wildman–Crippen LogP) is 3.91. The van der Waals surface area contributed by atoms with Gasteiger partial charge in [0.1, 0.15) is 0 Å². The van der Waals surface area contributed by atoms with Gasteiger partial charge in [0.2, 0.25) is 0 Å². The largest absolute Gasteiger partial charge is 0.466 e. The molecule has 3 heteroatoms. The smallest absolute Gasteiger partial charge is 0.330 e. The van der Waals surface area contributed by atoms with E-state index in [-0.39, 0.29) is 5.97 Å². The number of hydrogen-bond acceptors (Lipinski definition) is 3. The fourth-order valence-corrected chi connectivity index (χ4v) is 2.36. The summed E-state index contributed by atoms with van der Waals surface area (Å²) < 4.78 is 4.56. The first-order valence-electron chi connectivity index (χ1n) is 5.60. The minimum Gasteiger partial charge on any atom is -0.466 e. The highest BCUT2D eigenvalue weighted by Gasteiger charge is 2.01. The van der Waals surface area contributed by atoms with Crippen LogP contribution in [0.3, 0.4) is 0 Å². The molecule has 0 saturated carbocycles. The molecule has 0 aliphatic heterocycles. The lowest BCUT2D eigenvalue weighted by Crippen LogP contribution is -1.92. The molecule has 1 heterocycles. The van der Waals surface area contributed by atoms with Gasteiger partial charge in [0.25, 0.3) is 0 Å². The topological polar surface area (TPSA) is 26.3 Å². The van der Waals surface area contributed by atoms with Gasteiger partial charge in [-0.2, -0.15) is 0 Å². The Morgan fingerprint density at radius 1 is 1.22 bits per heavy atom. The van der Waals surface area contributed by atoms with Crippen molar-refractivity contribution in [1.29, 1.82) is 0 Å². The zero-order valence-electron chi connectivity index (χ0n) is 10.3. The molecular weight excluding hydrogens is 244 g/mol. The van der Waals surface area contributed by atoms with E-state index < -0.39 is 0 Å². The Kier molecular flexibility index (Phi) is 3.95. The van der Waals surface area contributed by atoms with Crippen molar-refractivity contribution in [3.8, 4) is 11.1 Å². The van der Waals surface area contributed by atoms with Crippen LogP contribution in [-0.2, 0) is 9.53 Å². The van der Waals surface area contributed by atoms with Crippen molar-refractivity contribution in [2.24, 2.45) is 0 Å². The number of thiophene rings is 1. The van der Waals surface area contributed by atoms with E-state index in [2.05, 4.69) is 47.4 Å². The molecule has 1 aromatic carbocycles. The van der Waals surface area contributed by atoms with Crippen molar-refractivity contribution in [2.75, 3.05) is 7.11 Å². The Balaban J connectivity index is 2.18. The van der Waals surface area contributed by atoms with Gasteiger partial charge in [-0.15, -0.1) is 11.3 Å². The summed E-state index contributed by atoms with van der Waals surface area (Å²) in [5, 5.41) is 2.08. The molecule has 0 spiro atoms. The van der Waals surface area contributed by atoms with E-state index in [9.17, 15) is 4.79 Å². The van der Waals surface area contributed by atoms with Gasteiger partial charge in [0.15, 0.2) is 0 Å². The third kappa shape index (κ3) is 3.08. The second-order valence-electron chi connectivity index (χ2n) is 3.96. The molecule has 0 aliphatic rings. The zero-order valence-corrected chi connectivity index (χ0v) is 11.2. The molecule has 92 valence electrons. The highest BCUT2D eigenvalue weighted by atomic mass is 32.1. The van der Waals surface area contributed by atoms with Crippen LogP contribution in [-0.4, -0.2) is 13.1 Å². The molecule has 0 aliphatic carbocycles. The third-order valence-electron chi connectivity index (χ3n) is 2.59. The molecule has 2 nitrogen and oxygen atoms in total. The van der Waals surface area contributed by atoms with Crippen molar-refractivity contribution >= 4 is 23.4 Å². The fourth-order valence-electron chi connectivity index (χ4n) is 1.56. The summed E-state index contributed by atoms with van der Waals surface area (Å²) in [7, 11) is 1.37. The van der Waals surface area contributed by atoms with E-state index in [1.807, 2.05) is 0 Å². The summed E-state index contributed by atoms with van der Waals surface area (Å²) in [5.74, 6) is -0.333. The Morgan fingerprint density at radius 3 is 2.61 bits per heavy atom. The first kappa shape index (κ1) is 12.6. The quantitative estimate of drug-likeness (QED) is 0.616. The molecule has 0 amide bonds. The molecule has 0 unspecified atom stereocenters. The van der Waals surface area contributed by atoms with E-state index in [0.717, 1.165) is 4.88 Å². The van der Waals surface area contributed by atoms with Gasteiger partial charge in [-0.25, -0.2) is 4.79 Å².